The number of thiophene rings is 1. The molecule has 0 spiro atoms. The summed E-state index contributed by atoms with van der Waals surface area (Å²) in [6, 6.07) is 52.1. The lowest BCUT2D eigenvalue weighted by Crippen LogP contribution is -2.15. The van der Waals surface area contributed by atoms with Gasteiger partial charge in [0.25, 0.3) is 0 Å². The highest BCUT2D eigenvalue weighted by Crippen LogP contribution is 2.55. The lowest BCUT2D eigenvalue weighted by atomic mass is 9.82. The van der Waals surface area contributed by atoms with E-state index >= 15 is 0 Å². The summed E-state index contributed by atoms with van der Waals surface area (Å²) < 4.78 is 2.70. The Morgan fingerprint density at radius 2 is 1.18 bits per heavy atom. The highest BCUT2D eigenvalue weighted by molar-refractivity contribution is 7.26. The fraction of sp³-hybridized carbons (Fsp3) is 0.0698. The number of rotatable bonds is 3. The lowest BCUT2D eigenvalue weighted by Gasteiger charge is -2.30. The summed E-state index contributed by atoms with van der Waals surface area (Å²) in [6.07, 6.45) is 0. The molecule has 2 aliphatic carbocycles. The topological polar surface area (TPSA) is 3.24 Å². The summed E-state index contributed by atoms with van der Waals surface area (Å²) >= 11 is 1.91. The van der Waals surface area contributed by atoms with Crippen LogP contribution in [-0.4, -0.2) is 0 Å². The van der Waals surface area contributed by atoms with Gasteiger partial charge in [-0.25, -0.2) is 0 Å². The van der Waals surface area contributed by atoms with Gasteiger partial charge in [0.15, 0.2) is 0 Å². The van der Waals surface area contributed by atoms with Gasteiger partial charge in [0.1, 0.15) is 0 Å². The quantitative estimate of drug-likeness (QED) is 0.198. The average Bonchev–Trinajstić information content (AvgIpc) is 3.53. The van der Waals surface area contributed by atoms with Crippen molar-refractivity contribution in [1.82, 2.24) is 0 Å². The fourth-order valence-electron chi connectivity index (χ4n) is 8.20. The van der Waals surface area contributed by atoms with Gasteiger partial charge >= 0.3 is 0 Å². The van der Waals surface area contributed by atoms with Crippen LogP contribution in [0, 0.1) is 0 Å². The molecule has 0 amide bonds. The van der Waals surface area contributed by atoms with Crippen molar-refractivity contribution in [3.8, 4) is 33.4 Å². The number of anilines is 3. The second-order valence-electron chi connectivity index (χ2n) is 12.9. The third-order valence-electron chi connectivity index (χ3n) is 10.2. The van der Waals surface area contributed by atoms with E-state index in [0.717, 1.165) is 5.69 Å². The van der Waals surface area contributed by atoms with Gasteiger partial charge in [-0.1, -0.05) is 111 Å². The largest absolute Gasteiger partial charge is 0.310 e. The van der Waals surface area contributed by atoms with Gasteiger partial charge in [-0.05, 0) is 92.2 Å². The molecule has 1 nitrogen and oxygen atoms in total. The van der Waals surface area contributed by atoms with Crippen molar-refractivity contribution < 1.29 is 0 Å². The number of para-hydroxylation sites is 1. The van der Waals surface area contributed by atoms with Crippen molar-refractivity contribution in [3.63, 3.8) is 0 Å². The standard InChI is InChI=1S/C43H29NS/c1-43(2)34-18-7-6-14-29(34)33-25-28(22-23-35(33)43)44(27-12-4-3-5-13-27)36-19-9-16-31-30-15-8-11-26-21-24-38-42(39(26)30)41-32(40(31)36)17-10-20-37(41)45-38/h3-25H,1-2H3. The molecule has 0 saturated heterocycles. The zero-order valence-electron chi connectivity index (χ0n) is 25.1. The molecule has 0 N–H and O–H groups in total. The van der Waals surface area contributed by atoms with E-state index in [1.165, 1.54) is 86.8 Å². The predicted molar refractivity (Wildman–Crippen MR) is 194 cm³/mol. The first-order chi connectivity index (χ1) is 22.1. The highest BCUT2D eigenvalue weighted by atomic mass is 32.1. The van der Waals surface area contributed by atoms with E-state index < -0.39 is 0 Å². The minimum atomic E-state index is -0.0315. The Morgan fingerprint density at radius 1 is 0.467 bits per heavy atom. The molecule has 45 heavy (non-hydrogen) atoms. The molecule has 1 heterocycles. The van der Waals surface area contributed by atoms with E-state index in [1.54, 1.807) is 0 Å². The summed E-state index contributed by atoms with van der Waals surface area (Å²) in [5.74, 6) is 0. The van der Waals surface area contributed by atoms with Crippen LogP contribution in [0.1, 0.15) is 25.0 Å². The molecular formula is C43H29NS. The van der Waals surface area contributed by atoms with Crippen LogP contribution in [0.3, 0.4) is 0 Å². The number of fused-ring (bicyclic) bond motifs is 6. The van der Waals surface area contributed by atoms with Gasteiger partial charge in [0.2, 0.25) is 0 Å². The molecule has 2 heteroatoms. The molecular weight excluding hydrogens is 563 g/mol. The van der Waals surface area contributed by atoms with Crippen LogP contribution in [0.4, 0.5) is 17.1 Å². The SMILES string of the molecule is CC1(C)c2ccccc2-c2cc(N(c3ccccc3)c3cccc4c3-c3cccc5sc6ccc7cccc-4c7c6c35)ccc21. The minimum Gasteiger partial charge on any atom is -0.310 e. The second kappa shape index (κ2) is 8.94. The van der Waals surface area contributed by atoms with Crippen molar-refractivity contribution in [1.29, 1.82) is 0 Å². The molecule has 0 saturated carbocycles. The maximum absolute atomic E-state index is 2.48. The van der Waals surface area contributed by atoms with Crippen LogP contribution in [0.15, 0.2) is 140 Å². The molecule has 0 aliphatic heterocycles. The first kappa shape index (κ1) is 25.2. The number of benzene rings is 7. The van der Waals surface area contributed by atoms with E-state index in [-0.39, 0.29) is 5.41 Å². The third-order valence-corrected chi connectivity index (χ3v) is 11.3. The van der Waals surface area contributed by atoms with E-state index in [0.29, 0.717) is 0 Å². The van der Waals surface area contributed by atoms with E-state index in [9.17, 15) is 0 Å². The van der Waals surface area contributed by atoms with Crippen LogP contribution < -0.4 is 4.90 Å². The molecule has 212 valence electrons. The van der Waals surface area contributed by atoms with Crippen molar-refractivity contribution >= 4 is 59.3 Å². The van der Waals surface area contributed by atoms with Gasteiger partial charge in [0.05, 0.1) is 5.69 Å². The first-order valence-corrected chi connectivity index (χ1v) is 16.5. The predicted octanol–water partition coefficient (Wildman–Crippen LogP) is 12.6. The number of hydrogen-bond acceptors (Lipinski definition) is 2. The molecule has 10 rings (SSSR count). The van der Waals surface area contributed by atoms with Crippen LogP contribution >= 0.6 is 11.3 Å². The average molecular weight is 592 g/mol. The number of nitrogens with zero attached hydrogens (tertiary/aromatic N) is 1. The first-order valence-electron chi connectivity index (χ1n) is 15.7. The van der Waals surface area contributed by atoms with Crippen LogP contribution in [0.5, 0.6) is 0 Å². The van der Waals surface area contributed by atoms with Crippen molar-refractivity contribution in [2.24, 2.45) is 0 Å². The summed E-state index contributed by atoms with van der Waals surface area (Å²) in [6.45, 7) is 4.70. The van der Waals surface area contributed by atoms with Gasteiger partial charge in [-0.2, -0.15) is 0 Å². The van der Waals surface area contributed by atoms with Crippen LogP contribution in [-0.2, 0) is 5.41 Å². The molecule has 0 unspecified atom stereocenters. The molecule has 0 bridgehead atoms. The Kier molecular flexibility index (Phi) is 5.00. The van der Waals surface area contributed by atoms with Gasteiger partial charge in [-0.3, -0.25) is 0 Å². The Hall–Kier alpha value is -5.18. The fourth-order valence-corrected chi connectivity index (χ4v) is 9.34. The van der Waals surface area contributed by atoms with Crippen LogP contribution in [0.25, 0.3) is 64.3 Å². The molecule has 2 aliphatic rings. The molecule has 0 radical (unpaired) electrons. The Labute approximate surface area is 266 Å². The molecule has 0 fully saturated rings. The summed E-state index contributed by atoms with van der Waals surface area (Å²) in [5.41, 5.74) is 14.1. The van der Waals surface area contributed by atoms with E-state index in [4.69, 9.17) is 0 Å². The molecule has 8 aromatic rings. The van der Waals surface area contributed by atoms with Gasteiger partial charge < -0.3 is 4.90 Å². The zero-order chi connectivity index (χ0) is 29.9. The monoisotopic (exact) mass is 591 g/mol. The summed E-state index contributed by atoms with van der Waals surface area (Å²) in [5, 5.41) is 5.43. The van der Waals surface area contributed by atoms with Crippen molar-refractivity contribution in [3.05, 3.63) is 151 Å². The van der Waals surface area contributed by atoms with E-state index in [1.807, 2.05) is 11.3 Å². The number of hydrogen-bond donors (Lipinski definition) is 0. The molecule has 1 aromatic heterocycles. The zero-order valence-corrected chi connectivity index (χ0v) is 26.0. The maximum atomic E-state index is 2.48. The molecule has 7 aromatic carbocycles. The Balaban J connectivity index is 1.31. The lowest BCUT2D eigenvalue weighted by molar-refractivity contribution is 0.660. The van der Waals surface area contributed by atoms with Gasteiger partial charge in [0, 0.05) is 42.5 Å². The van der Waals surface area contributed by atoms with Crippen molar-refractivity contribution in [2.75, 3.05) is 4.90 Å². The highest BCUT2D eigenvalue weighted by Gasteiger charge is 2.36. The van der Waals surface area contributed by atoms with Crippen LogP contribution in [0.2, 0.25) is 0 Å². The van der Waals surface area contributed by atoms with Crippen molar-refractivity contribution in [2.45, 2.75) is 19.3 Å². The van der Waals surface area contributed by atoms with E-state index in [2.05, 4.69) is 158 Å². The Morgan fingerprint density at radius 3 is 2.09 bits per heavy atom. The second-order valence-corrected chi connectivity index (χ2v) is 14.0. The summed E-state index contributed by atoms with van der Waals surface area (Å²) in [4.78, 5) is 2.48. The third kappa shape index (κ3) is 3.32. The Bertz CT molecular complexity index is 2520. The normalized spacial score (nSPS) is 13.7. The maximum Gasteiger partial charge on any atom is 0.0546 e. The molecule has 0 atom stereocenters. The minimum absolute atomic E-state index is 0.0315. The van der Waals surface area contributed by atoms with Gasteiger partial charge in [-0.15, -0.1) is 11.3 Å². The smallest absolute Gasteiger partial charge is 0.0546 e. The summed E-state index contributed by atoms with van der Waals surface area (Å²) in [7, 11) is 0.